The summed E-state index contributed by atoms with van der Waals surface area (Å²) < 4.78 is 6.88. The molecule has 0 unspecified atom stereocenters. The van der Waals surface area contributed by atoms with Gasteiger partial charge in [-0.25, -0.2) is 0 Å². The van der Waals surface area contributed by atoms with Gasteiger partial charge in [0.2, 0.25) is 0 Å². The lowest BCUT2D eigenvalue weighted by Crippen LogP contribution is -2.05. The quantitative estimate of drug-likeness (QED) is 0.500. The molecule has 0 saturated carbocycles. The Balaban J connectivity index is 1.90. The van der Waals surface area contributed by atoms with Crippen molar-refractivity contribution in [2.75, 3.05) is 6.61 Å². The van der Waals surface area contributed by atoms with Crippen LogP contribution in [0.15, 0.2) is 48.7 Å². The van der Waals surface area contributed by atoms with Gasteiger partial charge in [0, 0.05) is 23.7 Å². The average molecular weight is 335 g/mol. The fourth-order valence-electron chi connectivity index (χ4n) is 3.20. The summed E-state index contributed by atoms with van der Waals surface area (Å²) in [6.07, 6.45) is 3.84. The summed E-state index contributed by atoms with van der Waals surface area (Å²) >= 11 is 0. The van der Waals surface area contributed by atoms with Crippen LogP contribution < -0.4 is 0 Å². The molecule has 3 rings (SSSR count). The van der Waals surface area contributed by atoms with Crippen LogP contribution in [0.4, 0.5) is 0 Å². The van der Waals surface area contributed by atoms with Crippen molar-refractivity contribution in [2.45, 2.75) is 26.7 Å². The summed E-state index contributed by atoms with van der Waals surface area (Å²) in [6, 6.07) is 13.9. The van der Waals surface area contributed by atoms with Gasteiger partial charge in [-0.3, -0.25) is 9.59 Å². The van der Waals surface area contributed by atoms with Crippen LogP contribution in [0.3, 0.4) is 0 Å². The Labute approximate surface area is 147 Å². The lowest BCUT2D eigenvalue weighted by atomic mass is 9.99. The molecule has 2 aromatic heterocycles. The van der Waals surface area contributed by atoms with Crippen LogP contribution >= 0.6 is 0 Å². The van der Waals surface area contributed by atoms with E-state index in [9.17, 15) is 9.59 Å². The van der Waals surface area contributed by atoms with Gasteiger partial charge in [0.1, 0.15) is 0 Å². The van der Waals surface area contributed by atoms with Gasteiger partial charge in [0.25, 0.3) is 0 Å². The van der Waals surface area contributed by atoms with E-state index in [0.29, 0.717) is 25.1 Å². The Morgan fingerprint density at radius 3 is 2.60 bits per heavy atom. The number of aldehydes is 1. The molecule has 0 spiro atoms. The number of hydrogen-bond donors (Lipinski definition) is 0. The van der Waals surface area contributed by atoms with E-state index in [2.05, 4.69) is 0 Å². The number of fused-ring (bicyclic) bond motifs is 1. The van der Waals surface area contributed by atoms with Crippen LogP contribution in [0.5, 0.6) is 0 Å². The maximum atomic E-state index is 11.7. The molecule has 0 amide bonds. The number of esters is 1. The third-order valence-corrected chi connectivity index (χ3v) is 4.41. The highest BCUT2D eigenvalue weighted by molar-refractivity contribution is 5.92. The fraction of sp³-hybridized carbons (Fsp3) is 0.238. The maximum Gasteiger partial charge on any atom is 0.306 e. The van der Waals surface area contributed by atoms with Gasteiger partial charge in [-0.05, 0) is 49.1 Å². The summed E-state index contributed by atoms with van der Waals surface area (Å²) in [7, 11) is 0. The van der Waals surface area contributed by atoms with Crippen molar-refractivity contribution in [1.29, 1.82) is 0 Å². The smallest absolute Gasteiger partial charge is 0.306 e. The van der Waals surface area contributed by atoms with Crippen molar-refractivity contribution in [1.82, 2.24) is 4.40 Å². The van der Waals surface area contributed by atoms with Gasteiger partial charge < -0.3 is 9.14 Å². The fourth-order valence-corrected chi connectivity index (χ4v) is 3.20. The zero-order valence-corrected chi connectivity index (χ0v) is 14.5. The second-order valence-electron chi connectivity index (χ2n) is 5.96. The number of nitrogens with zero attached hydrogens (tertiary/aromatic N) is 1. The van der Waals surface area contributed by atoms with E-state index in [0.717, 1.165) is 34.1 Å². The third-order valence-electron chi connectivity index (χ3n) is 4.41. The van der Waals surface area contributed by atoms with E-state index in [1.807, 2.05) is 66.9 Å². The van der Waals surface area contributed by atoms with Gasteiger partial charge in [-0.2, -0.15) is 0 Å². The minimum Gasteiger partial charge on any atom is -0.466 e. The molecule has 0 aliphatic rings. The predicted octanol–water partition coefficient (Wildman–Crippen LogP) is 4.22. The molecule has 128 valence electrons. The molecule has 0 radical (unpaired) electrons. The van der Waals surface area contributed by atoms with E-state index in [-0.39, 0.29) is 5.97 Å². The number of ether oxygens (including phenoxy) is 1. The van der Waals surface area contributed by atoms with Crippen LogP contribution in [0.2, 0.25) is 0 Å². The molecule has 0 aliphatic heterocycles. The Morgan fingerprint density at radius 2 is 1.92 bits per heavy atom. The summed E-state index contributed by atoms with van der Waals surface area (Å²) in [5.41, 5.74) is 5.81. The van der Waals surface area contributed by atoms with Gasteiger partial charge in [-0.1, -0.05) is 30.3 Å². The highest BCUT2D eigenvalue weighted by atomic mass is 16.5. The summed E-state index contributed by atoms with van der Waals surface area (Å²) in [5, 5.41) is 0. The normalized spacial score (nSPS) is 10.8. The van der Waals surface area contributed by atoms with Crippen LogP contribution in [0.1, 0.15) is 35.0 Å². The lowest BCUT2D eigenvalue weighted by Gasteiger charge is -2.06. The van der Waals surface area contributed by atoms with Gasteiger partial charge >= 0.3 is 5.97 Å². The van der Waals surface area contributed by atoms with Crippen molar-refractivity contribution in [3.8, 4) is 11.1 Å². The molecule has 0 bridgehead atoms. The number of aryl methyl sites for hydroxylation is 2. The summed E-state index contributed by atoms with van der Waals surface area (Å²) in [5.74, 6) is -0.177. The molecular weight excluding hydrogens is 314 g/mol. The first-order valence-corrected chi connectivity index (χ1v) is 8.45. The zero-order chi connectivity index (χ0) is 17.8. The zero-order valence-electron chi connectivity index (χ0n) is 14.5. The Kier molecular flexibility index (Phi) is 4.98. The van der Waals surface area contributed by atoms with Crippen molar-refractivity contribution in [3.63, 3.8) is 0 Å². The summed E-state index contributed by atoms with van der Waals surface area (Å²) in [4.78, 5) is 23.1. The molecule has 4 heteroatoms. The van der Waals surface area contributed by atoms with Crippen LogP contribution in [0.25, 0.3) is 16.6 Å². The molecular formula is C21H21NO3. The third kappa shape index (κ3) is 3.33. The minimum absolute atomic E-state index is 0.177. The number of pyridine rings is 1. The molecule has 25 heavy (non-hydrogen) atoms. The van der Waals surface area contributed by atoms with E-state index in [4.69, 9.17) is 4.74 Å². The first kappa shape index (κ1) is 17.0. The first-order chi connectivity index (χ1) is 12.2. The van der Waals surface area contributed by atoms with Crippen molar-refractivity contribution in [2.24, 2.45) is 0 Å². The SMILES string of the molecule is CCOC(=O)CCc1ccc(-c2c(C)c3ccccn3c2C=O)cc1. The monoisotopic (exact) mass is 335 g/mol. The van der Waals surface area contributed by atoms with E-state index in [1.165, 1.54) is 0 Å². The largest absolute Gasteiger partial charge is 0.466 e. The van der Waals surface area contributed by atoms with Crippen LogP contribution in [0, 0.1) is 6.92 Å². The molecule has 0 saturated heterocycles. The first-order valence-electron chi connectivity index (χ1n) is 8.45. The van der Waals surface area contributed by atoms with Gasteiger partial charge in [-0.15, -0.1) is 0 Å². The number of aromatic nitrogens is 1. The van der Waals surface area contributed by atoms with Crippen molar-refractivity contribution in [3.05, 3.63) is 65.5 Å². The highest BCUT2D eigenvalue weighted by Gasteiger charge is 2.16. The molecule has 0 aliphatic carbocycles. The molecule has 0 atom stereocenters. The second-order valence-corrected chi connectivity index (χ2v) is 5.96. The Morgan fingerprint density at radius 1 is 1.16 bits per heavy atom. The number of carbonyl (C=O) groups excluding carboxylic acids is 2. The van der Waals surface area contributed by atoms with E-state index in [1.54, 1.807) is 0 Å². The van der Waals surface area contributed by atoms with Crippen LogP contribution in [-0.2, 0) is 16.0 Å². The molecule has 0 N–H and O–H groups in total. The number of carbonyl (C=O) groups is 2. The van der Waals surface area contributed by atoms with E-state index >= 15 is 0 Å². The minimum atomic E-state index is -0.177. The molecule has 1 aromatic carbocycles. The van der Waals surface area contributed by atoms with Crippen molar-refractivity contribution >= 4 is 17.8 Å². The predicted molar refractivity (Wildman–Crippen MR) is 97.9 cm³/mol. The molecule has 4 nitrogen and oxygen atoms in total. The Bertz CT molecular complexity index is 907. The standard InChI is InChI=1S/C21H21NO3/c1-3-25-20(24)12-9-16-7-10-17(11-8-16)21-15(2)18-6-4-5-13-22(18)19(21)14-23/h4-8,10-11,13-14H,3,9,12H2,1-2H3. The van der Waals surface area contributed by atoms with E-state index < -0.39 is 0 Å². The van der Waals surface area contributed by atoms with Gasteiger partial charge in [0.05, 0.1) is 12.3 Å². The number of benzene rings is 1. The number of hydrogen-bond acceptors (Lipinski definition) is 3. The Hall–Kier alpha value is -2.88. The second kappa shape index (κ2) is 7.34. The molecule has 2 heterocycles. The maximum absolute atomic E-state index is 11.7. The average Bonchev–Trinajstić information content (AvgIpc) is 2.93. The summed E-state index contributed by atoms with van der Waals surface area (Å²) in [6.45, 7) is 4.25. The lowest BCUT2D eigenvalue weighted by molar-refractivity contribution is -0.143. The highest BCUT2D eigenvalue weighted by Crippen LogP contribution is 2.32. The van der Waals surface area contributed by atoms with Crippen LogP contribution in [-0.4, -0.2) is 23.3 Å². The van der Waals surface area contributed by atoms with Gasteiger partial charge in [0.15, 0.2) is 6.29 Å². The molecule has 0 fully saturated rings. The van der Waals surface area contributed by atoms with Crippen molar-refractivity contribution < 1.29 is 14.3 Å². The molecule has 3 aromatic rings. The number of rotatable bonds is 6. The topological polar surface area (TPSA) is 47.8 Å².